The van der Waals surface area contributed by atoms with Crippen molar-refractivity contribution in [3.63, 3.8) is 0 Å². The van der Waals surface area contributed by atoms with Gasteiger partial charge in [-0.05, 0) is 17.7 Å². The summed E-state index contributed by atoms with van der Waals surface area (Å²) in [5, 5.41) is 0. The Hall–Kier alpha value is -0.730. The summed E-state index contributed by atoms with van der Waals surface area (Å²) in [4.78, 5) is 0. The summed E-state index contributed by atoms with van der Waals surface area (Å²) in [7, 11) is 2.28. The Balaban J connectivity index is 2.23. The van der Waals surface area contributed by atoms with Gasteiger partial charge in [0.1, 0.15) is 6.54 Å². The van der Waals surface area contributed by atoms with E-state index in [1.54, 1.807) is 0 Å². The molecule has 0 aromatic heterocycles. The predicted molar refractivity (Wildman–Crippen MR) is 64.9 cm³/mol. The molecule has 0 amide bonds. The number of nitrogens with zero attached hydrogens (tertiary/aromatic N) is 1. The van der Waals surface area contributed by atoms with Gasteiger partial charge < -0.3 is 10.2 Å². The third-order valence-corrected chi connectivity index (χ3v) is 3.50. The van der Waals surface area contributed by atoms with Crippen molar-refractivity contribution in [3.05, 3.63) is 29.3 Å². The summed E-state index contributed by atoms with van der Waals surface area (Å²) >= 11 is 5.84. The number of alkyl halides is 1. The highest BCUT2D eigenvalue weighted by atomic mass is 35.5. The Morgan fingerprint density at radius 3 is 2.93 bits per heavy atom. The number of rotatable bonds is 2. The van der Waals surface area contributed by atoms with Crippen LogP contribution in [-0.4, -0.2) is 30.5 Å². The summed E-state index contributed by atoms with van der Waals surface area (Å²) in [6.07, 6.45) is 1.12. The van der Waals surface area contributed by atoms with Crippen LogP contribution in [-0.2, 0) is 13.0 Å². The van der Waals surface area contributed by atoms with Crippen LogP contribution >= 0.6 is 11.6 Å². The van der Waals surface area contributed by atoms with E-state index in [1.807, 2.05) is 6.07 Å². The van der Waals surface area contributed by atoms with E-state index in [2.05, 4.69) is 19.2 Å². The molecule has 0 saturated carbocycles. The number of hydrogen-bond acceptors (Lipinski definition) is 1. The molecule has 82 valence electrons. The summed E-state index contributed by atoms with van der Waals surface area (Å²) in [6, 6.07) is 6.27. The van der Waals surface area contributed by atoms with Gasteiger partial charge in [0.2, 0.25) is 0 Å². The highest BCUT2D eigenvalue weighted by Crippen LogP contribution is 2.25. The zero-order chi connectivity index (χ0) is 10.9. The maximum absolute atomic E-state index is 5.84. The van der Waals surface area contributed by atoms with Crippen molar-refractivity contribution < 1.29 is 4.48 Å². The molecule has 0 radical (unpaired) electrons. The SMILES string of the molecule is C[N+]1(CCCl)CCc2cc(N)ccc2C1. The molecule has 1 aromatic carbocycles. The lowest BCUT2D eigenvalue weighted by molar-refractivity contribution is -0.922. The first-order valence-corrected chi connectivity index (χ1v) is 5.93. The number of quaternary nitrogens is 1. The largest absolute Gasteiger partial charge is 0.399 e. The van der Waals surface area contributed by atoms with Crippen LogP contribution in [0.4, 0.5) is 5.69 Å². The number of likely N-dealkylation sites (N-methyl/N-ethyl adjacent to an activating group) is 1. The number of fused-ring (bicyclic) bond motifs is 1. The van der Waals surface area contributed by atoms with Gasteiger partial charge in [0.25, 0.3) is 0 Å². The average Bonchev–Trinajstić information content (AvgIpc) is 2.19. The van der Waals surface area contributed by atoms with Crippen molar-refractivity contribution in [2.75, 3.05) is 31.8 Å². The van der Waals surface area contributed by atoms with E-state index in [-0.39, 0.29) is 0 Å². The first-order chi connectivity index (χ1) is 7.13. The topological polar surface area (TPSA) is 26.0 Å². The molecule has 1 heterocycles. The lowest BCUT2D eigenvalue weighted by Gasteiger charge is -2.38. The van der Waals surface area contributed by atoms with Gasteiger partial charge in [0.05, 0.1) is 26.0 Å². The van der Waals surface area contributed by atoms with Gasteiger partial charge in [-0.2, -0.15) is 0 Å². The molecular weight excluding hydrogens is 208 g/mol. The summed E-state index contributed by atoms with van der Waals surface area (Å²) in [5.41, 5.74) is 9.51. The third kappa shape index (κ3) is 2.27. The number of benzene rings is 1. The van der Waals surface area contributed by atoms with Crippen LogP contribution in [0.1, 0.15) is 11.1 Å². The number of hydrogen-bond donors (Lipinski definition) is 1. The summed E-state index contributed by atoms with van der Waals surface area (Å²) < 4.78 is 1.06. The minimum absolute atomic E-state index is 0.737. The van der Waals surface area contributed by atoms with E-state index in [4.69, 9.17) is 17.3 Å². The van der Waals surface area contributed by atoms with Gasteiger partial charge in [-0.1, -0.05) is 6.07 Å². The maximum Gasteiger partial charge on any atom is 0.104 e. The monoisotopic (exact) mass is 225 g/mol. The molecule has 1 atom stereocenters. The molecule has 1 aliphatic heterocycles. The van der Waals surface area contributed by atoms with E-state index in [9.17, 15) is 0 Å². The summed E-state index contributed by atoms with van der Waals surface area (Å²) in [5.74, 6) is 0.737. The van der Waals surface area contributed by atoms with Crippen molar-refractivity contribution in [2.24, 2.45) is 0 Å². The zero-order valence-corrected chi connectivity index (χ0v) is 9.93. The van der Waals surface area contributed by atoms with Crippen LogP contribution in [0.5, 0.6) is 0 Å². The van der Waals surface area contributed by atoms with Crippen molar-refractivity contribution in [1.82, 2.24) is 0 Å². The summed E-state index contributed by atoms with van der Waals surface area (Å²) in [6.45, 7) is 3.30. The number of anilines is 1. The maximum atomic E-state index is 5.84. The van der Waals surface area contributed by atoms with E-state index >= 15 is 0 Å². The quantitative estimate of drug-likeness (QED) is 0.465. The van der Waals surface area contributed by atoms with Gasteiger partial charge in [-0.3, -0.25) is 0 Å². The number of nitrogens with two attached hydrogens (primary N) is 1. The fourth-order valence-electron chi connectivity index (χ4n) is 2.31. The normalized spacial score (nSPS) is 24.9. The molecule has 0 aliphatic carbocycles. The molecule has 15 heavy (non-hydrogen) atoms. The van der Waals surface area contributed by atoms with E-state index in [0.717, 1.165) is 35.6 Å². The van der Waals surface area contributed by atoms with Gasteiger partial charge >= 0.3 is 0 Å². The highest BCUT2D eigenvalue weighted by molar-refractivity contribution is 6.17. The van der Waals surface area contributed by atoms with E-state index in [1.165, 1.54) is 17.7 Å². The molecule has 3 heteroatoms. The number of halogens is 1. The van der Waals surface area contributed by atoms with Crippen LogP contribution in [0.2, 0.25) is 0 Å². The molecule has 2 rings (SSSR count). The standard InChI is InChI=1S/C12H18ClN2/c1-15(7-5-13)6-4-10-8-12(14)3-2-11(10)9-15/h2-3,8H,4-7,9,14H2,1H3/q+1. The second-order valence-corrected chi connectivity index (χ2v) is 5.07. The van der Waals surface area contributed by atoms with Crippen molar-refractivity contribution in [3.8, 4) is 0 Å². The Labute approximate surface area is 96.2 Å². The lowest BCUT2D eigenvalue weighted by atomic mass is 9.97. The Morgan fingerprint density at radius 2 is 2.20 bits per heavy atom. The Kier molecular flexibility index (Phi) is 2.89. The molecular formula is C12H18ClN2+. The van der Waals surface area contributed by atoms with Crippen LogP contribution in [0.15, 0.2) is 18.2 Å². The van der Waals surface area contributed by atoms with Crippen LogP contribution < -0.4 is 5.73 Å². The van der Waals surface area contributed by atoms with Gasteiger partial charge in [-0.15, -0.1) is 11.6 Å². The van der Waals surface area contributed by atoms with Crippen LogP contribution in [0, 0.1) is 0 Å². The molecule has 2 N–H and O–H groups in total. The minimum Gasteiger partial charge on any atom is -0.399 e. The van der Waals surface area contributed by atoms with Gasteiger partial charge in [-0.25, -0.2) is 0 Å². The number of nitrogen functional groups attached to an aromatic ring is 1. The van der Waals surface area contributed by atoms with Crippen molar-refractivity contribution >= 4 is 17.3 Å². The Bertz CT molecular complexity index is 365. The van der Waals surface area contributed by atoms with Crippen molar-refractivity contribution in [2.45, 2.75) is 13.0 Å². The lowest BCUT2D eigenvalue weighted by Crippen LogP contribution is -2.48. The van der Waals surface area contributed by atoms with Gasteiger partial charge in [0.15, 0.2) is 0 Å². The van der Waals surface area contributed by atoms with E-state index < -0.39 is 0 Å². The Morgan fingerprint density at radius 1 is 1.40 bits per heavy atom. The fourth-order valence-corrected chi connectivity index (χ4v) is 2.72. The fraction of sp³-hybridized carbons (Fsp3) is 0.500. The molecule has 1 unspecified atom stereocenters. The first kappa shape index (κ1) is 10.8. The second kappa shape index (κ2) is 4.03. The van der Waals surface area contributed by atoms with Crippen LogP contribution in [0.25, 0.3) is 0 Å². The highest BCUT2D eigenvalue weighted by Gasteiger charge is 2.27. The predicted octanol–water partition coefficient (Wildman–Crippen LogP) is 2.01. The molecule has 0 bridgehead atoms. The molecule has 0 spiro atoms. The molecule has 1 aliphatic rings. The van der Waals surface area contributed by atoms with Crippen molar-refractivity contribution in [1.29, 1.82) is 0 Å². The van der Waals surface area contributed by atoms with Gasteiger partial charge in [0, 0.05) is 17.7 Å². The minimum atomic E-state index is 0.737. The van der Waals surface area contributed by atoms with E-state index in [0.29, 0.717) is 0 Å². The molecule has 0 fully saturated rings. The average molecular weight is 226 g/mol. The third-order valence-electron chi connectivity index (χ3n) is 3.33. The van der Waals surface area contributed by atoms with Crippen LogP contribution in [0.3, 0.4) is 0 Å². The smallest absolute Gasteiger partial charge is 0.104 e. The second-order valence-electron chi connectivity index (χ2n) is 4.69. The zero-order valence-electron chi connectivity index (χ0n) is 9.17. The first-order valence-electron chi connectivity index (χ1n) is 5.40. The molecule has 0 saturated heterocycles. The molecule has 2 nitrogen and oxygen atoms in total. The molecule has 1 aromatic rings.